The van der Waals surface area contributed by atoms with Crippen LogP contribution in [0.2, 0.25) is 0 Å². The highest BCUT2D eigenvalue weighted by molar-refractivity contribution is 7.49. The van der Waals surface area contributed by atoms with Crippen LogP contribution in [0.4, 0.5) is 0 Å². The molecule has 1 saturated heterocycles. The van der Waals surface area contributed by atoms with Crippen molar-refractivity contribution in [1.29, 1.82) is 0 Å². The highest BCUT2D eigenvalue weighted by Crippen LogP contribution is 2.66. The van der Waals surface area contributed by atoms with Crippen LogP contribution in [0.15, 0.2) is 91.0 Å². The van der Waals surface area contributed by atoms with Gasteiger partial charge in [-0.1, -0.05) is 91.0 Å². The van der Waals surface area contributed by atoms with Crippen LogP contribution in [0.25, 0.3) is 0 Å². The maximum Gasteiger partial charge on any atom is 0.191 e. The highest BCUT2D eigenvalue weighted by atomic mass is 31.2. The molecule has 3 aromatic carbocycles. The summed E-state index contributed by atoms with van der Waals surface area (Å²) in [5, 5.41) is -0.421. The molecule has 1 heterocycles. The summed E-state index contributed by atoms with van der Waals surface area (Å²) in [5.41, 5.74) is 3.61. The van der Waals surface area contributed by atoms with E-state index in [1.54, 1.807) is 0 Å². The van der Waals surface area contributed by atoms with Crippen LogP contribution in [-0.4, -0.2) is 13.2 Å². The van der Waals surface area contributed by atoms with Crippen molar-refractivity contribution in [2.24, 2.45) is 0 Å². The molecule has 24 heavy (non-hydrogen) atoms. The van der Waals surface area contributed by atoms with Crippen LogP contribution in [0, 0.1) is 0 Å². The van der Waals surface area contributed by atoms with Gasteiger partial charge in [-0.15, -0.1) is 0 Å². The van der Waals surface area contributed by atoms with E-state index in [2.05, 4.69) is 72.8 Å². The normalized spacial score (nSPS) is 15.5. The van der Waals surface area contributed by atoms with E-state index in [-0.39, 0.29) is 0 Å². The van der Waals surface area contributed by atoms with Crippen molar-refractivity contribution >= 4 is 8.38 Å². The fourth-order valence-electron chi connectivity index (χ4n) is 3.33. The van der Waals surface area contributed by atoms with Crippen LogP contribution >= 0.6 is 8.38 Å². The molecule has 0 amide bonds. The lowest BCUT2D eigenvalue weighted by Crippen LogP contribution is -2.27. The molecule has 0 spiro atoms. The lowest BCUT2D eigenvalue weighted by molar-refractivity contribution is 0.365. The first-order valence-electron chi connectivity index (χ1n) is 8.15. The van der Waals surface area contributed by atoms with Gasteiger partial charge < -0.3 is 9.05 Å². The third-order valence-corrected chi connectivity index (χ3v) is 6.51. The number of hydrogen-bond donors (Lipinski definition) is 0. The average molecular weight is 334 g/mol. The molecule has 0 aliphatic carbocycles. The monoisotopic (exact) mass is 334 g/mol. The van der Waals surface area contributed by atoms with Gasteiger partial charge >= 0.3 is 0 Å². The summed E-state index contributed by atoms with van der Waals surface area (Å²) >= 11 is 0. The van der Waals surface area contributed by atoms with Crippen molar-refractivity contribution in [1.82, 2.24) is 0 Å². The molecule has 4 rings (SSSR count). The molecule has 0 atom stereocenters. The Morgan fingerprint density at radius 1 is 0.542 bits per heavy atom. The van der Waals surface area contributed by atoms with E-state index in [1.165, 1.54) is 16.7 Å². The summed E-state index contributed by atoms with van der Waals surface area (Å²) in [6.07, 6.45) is 0. The first-order chi connectivity index (χ1) is 11.9. The van der Waals surface area contributed by atoms with E-state index in [0.717, 1.165) is 0 Å². The van der Waals surface area contributed by atoms with E-state index in [4.69, 9.17) is 9.05 Å². The summed E-state index contributed by atoms with van der Waals surface area (Å²) in [5.74, 6) is 0. The Hall–Kier alpha value is -1.99. The zero-order valence-electron chi connectivity index (χ0n) is 13.3. The van der Waals surface area contributed by atoms with Gasteiger partial charge in [0, 0.05) is 0 Å². The standard InChI is InChI=1S/C21H19O2P/c1-4-10-18(11-5-1)21(24-22-16-17-23-24,19-12-6-2-7-13-19)20-14-8-3-9-15-20/h1-15H,16-17H2. The molecule has 0 bridgehead atoms. The SMILES string of the molecule is c1ccc(C(c2ccccc2)(c2ccccc2)P2OCCO2)cc1. The number of hydrogen-bond acceptors (Lipinski definition) is 2. The minimum atomic E-state index is -1.12. The molecule has 1 fully saturated rings. The molecule has 0 radical (unpaired) electrons. The third kappa shape index (κ3) is 2.57. The molecular formula is C21H19O2P. The Morgan fingerprint density at radius 2 is 0.875 bits per heavy atom. The van der Waals surface area contributed by atoms with Crippen molar-refractivity contribution in [3.63, 3.8) is 0 Å². The lowest BCUT2D eigenvalue weighted by atomic mass is 9.84. The maximum atomic E-state index is 6.12. The molecule has 3 aromatic rings. The molecule has 3 heteroatoms. The second-order valence-corrected chi connectivity index (χ2v) is 7.43. The summed E-state index contributed by atoms with van der Waals surface area (Å²) < 4.78 is 12.2. The average Bonchev–Trinajstić information content (AvgIpc) is 3.20. The van der Waals surface area contributed by atoms with Crippen molar-refractivity contribution < 1.29 is 9.05 Å². The molecular weight excluding hydrogens is 315 g/mol. The third-order valence-electron chi connectivity index (χ3n) is 4.35. The van der Waals surface area contributed by atoms with E-state index in [9.17, 15) is 0 Å². The minimum Gasteiger partial charge on any atom is -0.331 e. The van der Waals surface area contributed by atoms with Crippen LogP contribution in [0.5, 0.6) is 0 Å². The van der Waals surface area contributed by atoms with Gasteiger partial charge in [-0.3, -0.25) is 0 Å². The minimum absolute atomic E-state index is 0.421. The molecule has 0 unspecified atom stereocenters. The Kier molecular flexibility index (Phi) is 4.44. The first-order valence-corrected chi connectivity index (χ1v) is 9.33. The highest BCUT2D eigenvalue weighted by Gasteiger charge is 2.48. The molecule has 1 aliphatic rings. The predicted octanol–water partition coefficient (Wildman–Crippen LogP) is 5.34. The van der Waals surface area contributed by atoms with Gasteiger partial charge in [-0.2, -0.15) is 0 Å². The predicted molar refractivity (Wildman–Crippen MR) is 98.0 cm³/mol. The van der Waals surface area contributed by atoms with Gasteiger partial charge in [0.25, 0.3) is 0 Å². The first kappa shape index (κ1) is 15.5. The topological polar surface area (TPSA) is 18.5 Å². The summed E-state index contributed by atoms with van der Waals surface area (Å²) in [4.78, 5) is 0. The number of benzene rings is 3. The Bertz CT molecular complexity index is 672. The van der Waals surface area contributed by atoms with Gasteiger partial charge in [0.15, 0.2) is 8.38 Å². The molecule has 2 nitrogen and oxygen atoms in total. The maximum absolute atomic E-state index is 6.12. The van der Waals surface area contributed by atoms with E-state index in [0.29, 0.717) is 13.2 Å². The number of rotatable bonds is 4. The summed E-state index contributed by atoms with van der Waals surface area (Å²) in [6.45, 7) is 1.31. The Balaban J connectivity index is 2.03. The lowest BCUT2D eigenvalue weighted by Gasteiger charge is -2.38. The Labute approximate surface area is 144 Å². The second-order valence-electron chi connectivity index (χ2n) is 5.73. The van der Waals surface area contributed by atoms with Crippen molar-refractivity contribution in [3.05, 3.63) is 108 Å². The van der Waals surface area contributed by atoms with Gasteiger partial charge in [-0.25, -0.2) is 0 Å². The fourth-order valence-corrected chi connectivity index (χ4v) is 5.35. The van der Waals surface area contributed by atoms with Crippen molar-refractivity contribution in [2.45, 2.75) is 5.16 Å². The Morgan fingerprint density at radius 3 is 1.21 bits per heavy atom. The van der Waals surface area contributed by atoms with E-state index >= 15 is 0 Å². The van der Waals surface area contributed by atoms with E-state index in [1.807, 2.05) is 18.2 Å². The quantitative estimate of drug-likeness (QED) is 0.474. The van der Waals surface area contributed by atoms with Gasteiger partial charge in [0.2, 0.25) is 0 Å². The van der Waals surface area contributed by atoms with Crippen LogP contribution < -0.4 is 0 Å². The molecule has 0 aromatic heterocycles. The molecule has 0 saturated carbocycles. The molecule has 1 aliphatic heterocycles. The van der Waals surface area contributed by atoms with Gasteiger partial charge in [0.05, 0.1) is 13.2 Å². The summed E-state index contributed by atoms with van der Waals surface area (Å²) in [7, 11) is -1.12. The van der Waals surface area contributed by atoms with Gasteiger partial charge in [-0.05, 0) is 16.7 Å². The molecule has 0 N–H and O–H groups in total. The second kappa shape index (κ2) is 6.86. The summed E-state index contributed by atoms with van der Waals surface area (Å²) in [6, 6.07) is 31.7. The smallest absolute Gasteiger partial charge is 0.191 e. The largest absolute Gasteiger partial charge is 0.331 e. The van der Waals surface area contributed by atoms with Crippen LogP contribution in [0.1, 0.15) is 16.7 Å². The molecule has 120 valence electrons. The fraction of sp³-hybridized carbons (Fsp3) is 0.143. The zero-order chi connectivity index (χ0) is 16.2. The van der Waals surface area contributed by atoms with E-state index < -0.39 is 13.5 Å². The van der Waals surface area contributed by atoms with Crippen LogP contribution in [-0.2, 0) is 14.2 Å². The van der Waals surface area contributed by atoms with Crippen molar-refractivity contribution in [2.75, 3.05) is 13.2 Å². The van der Waals surface area contributed by atoms with Gasteiger partial charge in [0.1, 0.15) is 5.16 Å². The van der Waals surface area contributed by atoms with Crippen molar-refractivity contribution in [3.8, 4) is 0 Å². The van der Waals surface area contributed by atoms with Crippen LogP contribution in [0.3, 0.4) is 0 Å². The zero-order valence-corrected chi connectivity index (χ0v) is 14.2.